The van der Waals surface area contributed by atoms with Gasteiger partial charge in [-0.2, -0.15) is 0 Å². The molecule has 0 saturated heterocycles. The molecule has 5 heteroatoms. The normalized spacial score (nSPS) is 13.8. The zero-order chi connectivity index (χ0) is 24.6. The third-order valence-corrected chi connectivity index (χ3v) is 6.31. The third-order valence-electron chi connectivity index (χ3n) is 6.31. The summed E-state index contributed by atoms with van der Waals surface area (Å²) in [6.45, 7) is 5.08. The van der Waals surface area contributed by atoms with Gasteiger partial charge in [-0.25, -0.2) is 0 Å². The van der Waals surface area contributed by atoms with Gasteiger partial charge in [0, 0.05) is 32.0 Å². The number of benzene rings is 3. The highest BCUT2D eigenvalue weighted by Gasteiger charge is 2.17. The van der Waals surface area contributed by atoms with E-state index in [1.807, 2.05) is 30.3 Å². The van der Waals surface area contributed by atoms with Crippen LogP contribution in [-0.4, -0.2) is 24.5 Å². The molecule has 0 fully saturated rings. The number of fused-ring (bicyclic) bond motifs is 1. The van der Waals surface area contributed by atoms with E-state index in [0.717, 1.165) is 48.7 Å². The number of ether oxygens (including phenoxy) is 2. The number of carbonyl (C=O) groups excluding carboxylic acids is 1. The van der Waals surface area contributed by atoms with Crippen LogP contribution in [0.2, 0.25) is 0 Å². The molecule has 0 amide bonds. The number of carboxylic acid groups (broad SMARTS) is 1. The van der Waals surface area contributed by atoms with Crippen LogP contribution in [0.1, 0.15) is 47.1 Å². The van der Waals surface area contributed by atoms with Crippen molar-refractivity contribution in [2.45, 2.75) is 45.4 Å². The number of carbonyl (C=O) groups is 1. The fourth-order valence-corrected chi connectivity index (χ4v) is 4.40. The van der Waals surface area contributed by atoms with Crippen molar-refractivity contribution in [3.05, 3.63) is 94.5 Å². The molecule has 0 spiro atoms. The first kappa shape index (κ1) is 24.4. The summed E-state index contributed by atoms with van der Waals surface area (Å²) in [7, 11) is 1.71. The molecular formula is C30H30NO4-. The van der Waals surface area contributed by atoms with E-state index >= 15 is 0 Å². The Bertz CT molecular complexity index is 1210. The molecule has 0 radical (unpaired) electrons. The lowest BCUT2D eigenvalue weighted by atomic mass is 9.96. The zero-order valence-electron chi connectivity index (χ0n) is 20.3. The number of carboxylic acids is 1. The van der Waals surface area contributed by atoms with E-state index in [4.69, 9.17) is 9.47 Å². The van der Waals surface area contributed by atoms with Gasteiger partial charge in [0.25, 0.3) is 0 Å². The molecule has 0 aromatic heterocycles. The van der Waals surface area contributed by atoms with Crippen molar-refractivity contribution in [1.82, 2.24) is 4.90 Å². The molecule has 1 aliphatic rings. The summed E-state index contributed by atoms with van der Waals surface area (Å²) < 4.78 is 11.3. The van der Waals surface area contributed by atoms with Gasteiger partial charge < -0.3 is 19.4 Å². The van der Waals surface area contributed by atoms with Crippen molar-refractivity contribution in [2.75, 3.05) is 13.7 Å². The summed E-state index contributed by atoms with van der Waals surface area (Å²) in [6.07, 6.45) is 0.919. The molecule has 180 valence electrons. The molecular weight excluding hydrogens is 438 g/mol. The second kappa shape index (κ2) is 11.6. The zero-order valence-corrected chi connectivity index (χ0v) is 20.3. The third kappa shape index (κ3) is 6.65. The Morgan fingerprint density at radius 3 is 2.40 bits per heavy atom. The molecule has 1 aliphatic heterocycles. The number of methoxy groups -OCH3 is 1. The van der Waals surface area contributed by atoms with E-state index in [1.54, 1.807) is 14.0 Å². The van der Waals surface area contributed by atoms with Gasteiger partial charge in [0.05, 0.1) is 13.0 Å². The van der Waals surface area contributed by atoms with Crippen LogP contribution >= 0.6 is 0 Å². The molecule has 0 aliphatic carbocycles. The lowest BCUT2D eigenvalue weighted by Gasteiger charge is -2.29. The maximum Gasteiger partial charge on any atom is 0.119 e. The van der Waals surface area contributed by atoms with Crippen LogP contribution in [0, 0.1) is 11.8 Å². The van der Waals surface area contributed by atoms with Crippen LogP contribution < -0.4 is 14.6 Å². The number of hydrogen-bond acceptors (Lipinski definition) is 5. The maximum atomic E-state index is 11.0. The van der Waals surface area contributed by atoms with E-state index in [9.17, 15) is 9.90 Å². The van der Waals surface area contributed by atoms with Crippen molar-refractivity contribution in [1.29, 1.82) is 0 Å². The summed E-state index contributed by atoms with van der Waals surface area (Å²) in [5.74, 6) is 5.91. The minimum absolute atomic E-state index is 0.119. The number of aliphatic carboxylic acids is 1. The highest BCUT2D eigenvalue weighted by atomic mass is 16.5. The van der Waals surface area contributed by atoms with Crippen molar-refractivity contribution in [3.8, 4) is 23.3 Å². The molecule has 0 bridgehead atoms. The largest absolute Gasteiger partial charge is 0.550 e. The van der Waals surface area contributed by atoms with Crippen LogP contribution in [0.4, 0.5) is 0 Å². The lowest BCUT2D eigenvalue weighted by molar-refractivity contribution is -0.305. The Labute approximate surface area is 207 Å². The van der Waals surface area contributed by atoms with Crippen LogP contribution in [-0.2, 0) is 30.9 Å². The van der Waals surface area contributed by atoms with E-state index < -0.39 is 5.97 Å². The first-order valence-corrected chi connectivity index (χ1v) is 11.8. The highest BCUT2D eigenvalue weighted by Crippen LogP contribution is 2.25. The summed E-state index contributed by atoms with van der Waals surface area (Å²) >= 11 is 0. The highest BCUT2D eigenvalue weighted by molar-refractivity contribution is 5.66. The van der Waals surface area contributed by atoms with Crippen LogP contribution in [0.25, 0.3) is 0 Å². The molecule has 0 unspecified atom stereocenters. The average Bonchev–Trinajstić information content (AvgIpc) is 2.88. The predicted molar refractivity (Wildman–Crippen MR) is 134 cm³/mol. The second-order valence-electron chi connectivity index (χ2n) is 8.79. The summed E-state index contributed by atoms with van der Waals surface area (Å²) in [6, 6.07) is 22.4. The first-order chi connectivity index (χ1) is 17.0. The molecule has 4 rings (SSSR count). The SMILES string of the molecule is CC#C[C@@H](CC(=O)[O-])c1ccc(OCc2ccc(CN3CCc4cc(OC)ccc4C3)cc2)cc1. The second-order valence-corrected chi connectivity index (χ2v) is 8.79. The van der Waals surface area contributed by atoms with E-state index in [0.29, 0.717) is 6.61 Å². The fourth-order valence-electron chi connectivity index (χ4n) is 4.40. The minimum Gasteiger partial charge on any atom is -0.550 e. The smallest absolute Gasteiger partial charge is 0.119 e. The Morgan fingerprint density at radius 1 is 1.00 bits per heavy atom. The molecule has 1 atom stereocenters. The number of nitrogens with zero attached hydrogens (tertiary/aromatic N) is 1. The number of rotatable bonds is 9. The molecule has 5 nitrogen and oxygen atoms in total. The Balaban J connectivity index is 1.29. The van der Waals surface area contributed by atoms with Gasteiger partial charge >= 0.3 is 0 Å². The minimum atomic E-state index is -1.10. The Kier molecular flexibility index (Phi) is 8.07. The quantitative estimate of drug-likeness (QED) is 0.443. The van der Waals surface area contributed by atoms with Crippen LogP contribution in [0.15, 0.2) is 66.7 Å². The molecule has 1 heterocycles. The van der Waals surface area contributed by atoms with Crippen LogP contribution in [0.3, 0.4) is 0 Å². The van der Waals surface area contributed by atoms with Crippen LogP contribution in [0.5, 0.6) is 11.5 Å². The number of hydrogen-bond donors (Lipinski definition) is 0. The first-order valence-electron chi connectivity index (χ1n) is 11.8. The van der Waals surface area contributed by atoms with Gasteiger partial charge in [0.15, 0.2) is 0 Å². The Morgan fingerprint density at radius 2 is 1.71 bits per heavy atom. The molecule has 35 heavy (non-hydrogen) atoms. The molecule has 0 N–H and O–H groups in total. The monoisotopic (exact) mass is 468 g/mol. The van der Waals surface area contributed by atoms with E-state index in [1.165, 1.54) is 16.7 Å². The van der Waals surface area contributed by atoms with Gasteiger partial charge in [0.2, 0.25) is 0 Å². The van der Waals surface area contributed by atoms with E-state index in [2.05, 4.69) is 53.1 Å². The Hall–Kier alpha value is -3.75. The summed E-state index contributed by atoms with van der Waals surface area (Å²) in [5, 5.41) is 11.0. The van der Waals surface area contributed by atoms with Gasteiger partial charge in [-0.1, -0.05) is 48.4 Å². The molecule has 3 aromatic rings. The summed E-state index contributed by atoms with van der Waals surface area (Å²) in [5.41, 5.74) is 5.99. The van der Waals surface area contributed by atoms with Gasteiger partial charge in [-0.3, -0.25) is 4.90 Å². The average molecular weight is 469 g/mol. The van der Waals surface area contributed by atoms with Gasteiger partial charge in [-0.05, 0) is 65.4 Å². The van der Waals surface area contributed by atoms with Crippen molar-refractivity contribution in [2.24, 2.45) is 0 Å². The van der Waals surface area contributed by atoms with Crippen molar-refractivity contribution < 1.29 is 19.4 Å². The van der Waals surface area contributed by atoms with Crippen molar-refractivity contribution in [3.63, 3.8) is 0 Å². The van der Waals surface area contributed by atoms with E-state index in [-0.39, 0.29) is 12.3 Å². The lowest BCUT2D eigenvalue weighted by Crippen LogP contribution is -2.30. The summed E-state index contributed by atoms with van der Waals surface area (Å²) in [4.78, 5) is 13.5. The van der Waals surface area contributed by atoms with Gasteiger partial charge in [-0.15, -0.1) is 5.92 Å². The molecule has 0 saturated carbocycles. The molecule has 3 aromatic carbocycles. The van der Waals surface area contributed by atoms with Gasteiger partial charge in [0.1, 0.15) is 18.1 Å². The standard InChI is InChI=1S/C30H31NO4/c1-3-4-25(18-30(32)33)24-9-12-28(13-10-24)35-21-23-7-5-22(6-8-23)19-31-16-15-26-17-29(34-2)14-11-27(26)20-31/h5-14,17,25H,15-16,18-21H2,1-2H3,(H,32,33)/p-1/t25-/m0/s1. The fraction of sp³-hybridized carbons (Fsp3) is 0.300. The topological polar surface area (TPSA) is 61.8 Å². The maximum absolute atomic E-state index is 11.0. The predicted octanol–water partition coefficient (Wildman–Crippen LogP) is 4.08. The van der Waals surface area contributed by atoms with Crippen molar-refractivity contribution >= 4 is 5.97 Å².